The number of phenols is 1. The highest BCUT2D eigenvalue weighted by Crippen LogP contribution is 2.55. The fourth-order valence-electron chi connectivity index (χ4n) is 5.83. The number of phenolic OH excluding ortho intramolecular Hbond substituents is 1. The predicted octanol–water partition coefficient (Wildman–Crippen LogP) is 0.903. The molecule has 176 valence electrons. The van der Waals surface area contributed by atoms with Crippen molar-refractivity contribution >= 4 is 17.5 Å². The van der Waals surface area contributed by atoms with Crippen molar-refractivity contribution in [1.82, 2.24) is 0 Å². The molecule has 5 rings (SSSR count). The molecule has 34 heavy (non-hydrogen) atoms. The summed E-state index contributed by atoms with van der Waals surface area (Å²) in [6.07, 6.45) is -3.21. The molecule has 7 N–H and O–H groups in total. The first kappa shape index (κ1) is 22.3. The highest BCUT2D eigenvalue weighted by Gasteiger charge is 2.63. The summed E-state index contributed by atoms with van der Waals surface area (Å²) < 4.78 is 0. The van der Waals surface area contributed by atoms with Crippen molar-refractivity contribution in [2.24, 2.45) is 23.5 Å². The zero-order valence-electron chi connectivity index (χ0n) is 17.9. The maximum Gasteiger partial charge on any atom is 0.230 e. The van der Waals surface area contributed by atoms with Gasteiger partial charge < -0.3 is 31.3 Å². The number of Topliss-reactive ketones (excluding diaryl/α,β-unsaturated/α-hetero) is 2. The zero-order valence-corrected chi connectivity index (χ0v) is 17.9. The molecule has 1 saturated carbocycles. The third-order valence-corrected chi connectivity index (χ3v) is 7.45. The molecule has 1 amide bonds. The van der Waals surface area contributed by atoms with Crippen molar-refractivity contribution in [1.29, 1.82) is 0 Å². The Morgan fingerprint density at radius 1 is 1.00 bits per heavy atom. The number of carbonyl (C=O) groups is 3. The summed E-state index contributed by atoms with van der Waals surface area (Å²) in [5, 5.41) is 54.6. The number of benzene rings is 2. The fourth-order valence-corrected chi connectivity index (χ4v) is 5.83. The maximum atomic E-state index is 13.6. The molecule has 9 nitrogen and oxygen atoms in total. The SMILES string of the molecule is NC(=O)C1C(=O)[C@@]2(O)C(O)=C3C(=O)c4c(O)ccc(-c5ccccc5)c4[C@@H](O)[C@H]3C[C@H]2CC1O. The van der Waals surface area contributed by atoms with Crippen LogP contribution in [-0.4, -0.2) is 54.7 Å². The molecule has 0 aromatic heterocycles. The summed E-state index contributed by atoms with van der Waals surface area (Å²) in [6, 6.07) is 11.8. The number of primary amides is 1. The summed E-state index contributed by atoms with van der Waals surface area (Å²) in [7, 11) is 0. The van der Waals surface area contributed by atoms with Crippen LogP contribution >= 0.6 is 0 Å². The number of aliphatic hydroxyl groups excluding tert-OH is 3. The third kappa shape index (κ3) is 2.81. The molecule has 2 unspecified atom stereocenters. The molecule has 3 aliphatic carbocycles. The van der Waals surface area contributed by atoms with Crippen LogP contribution in [0.25, 0.3) is 11.1 Å². The highest BCUT2D eigenvalue weighted by atomic mass is 16.3. The summed E-state index contributed by atoms with van der Waals surface area (Å²) in [4.78, 5) is 38.4. The molecule has 0 bridgehead atoms. The molecule has 0 aliphatic heterocycles. The second-order valence-electron chi connectivity index (χ2n) is 9.18. The van der Waals surface area contributed by atoms with Crippen LogP contribution in [0.1, 0.15) is 34.9 Å². The minimum Gasteiger partial charge on any atom is -0.508 e. The second kappa shape index (κ2) is 7.49. The van der Waals surface area contributed by atoms with E-state index in [1.54, 1.807) is 30.3 Å². The largest absolute Gasteiger partial charge is 0.508 e. The molecule has 2 aromatic carbocycles. The van der Waals surface area contributed by atoms with Crippen LogP contribution in [0.2, 0.25) is 0 Å². The van der Waals surface area contributed by atoms with E-state index in [-0.39, 0.29) is 24.0 Å². The first-order valence-electron chi connectivity index (χ1n) is 10.9. The number of aromatic hydroxyl groups is 1. The Labute approximate surface area is 193 Å². The van der Waals surface area contributed by atoms with E-state index in [2.05, 4.69) is 0 Å². The quantitative estimate of drug-likeness (QED) is 0.354. The molecule has 0 radical (unpaired) electrons. The second-order valence-corrected chi connectivity index (χ2v) is 9.18. The number of carbonyl (C=O) groups excluding carboxylic acids is 3. The summed E-state index contributed by atoms with van der Waals surface area (Å²) in [5.74, 6) is -8.42. The number of rotatable bonds is 2. The van der Waals surface area contributed by atoms with E-state index < -0.39 is 70.1 Å². The molecular weight excluding hydrogens is 442 g/mol. The standard InChI is InChI=1S/C25H23NO8/c26-24(33)19-15(28)9-11-8-13-17(22(31)25(11,34)23(19)32)21(30)18-14(27)7-6-12(16(18)20(13)29)10-4-2-1-3-5-10/h1-7,11,13,15,19-20,27-29,31,34H,8-9H2,(H2,26,33)/t11-,13-,15?,19?,20-,25-/m0/s1. The van der Waals surface area contributed by atoms with Crippen molar-refractivity contribution in [3.05, 3.63) is 64.9 Å². The van der Waals surface area contributed by atoms with Crippen LogP contribution in [0, 0.1) is 17.8 Å². The van der Waals surface area contributed by atoms with Gasteiger partial charge in [0.05, 0.1) is 17.8 Å². The summed E-state index contributed by atoms with van der Waals surface area (Å²) in [6.45, 7) is 0. The van der Waals surface area contributed by atoms with Gasteiger partial charge in [-0.1, -0.05) is 36.4 Å². The first-order valence-corrected chi connectivity index (χ1v) is 10.9. The Morgan fingerprint density at radius 3 is 2.32 bits per heavy atom. The molecule has 0 heterocycles. The van der Waals surface area contributed by atoms with Gasteiger partial charge in [0.1, 0.15) is 17.4 Å². The predicted molar refractivity (Wildman–Crippen MR) is 117 cm³/mol. The van der Waals surface area contributed by atoms with Crippen LogP contribution in [-0.2, 0) is 9.59 Å². The monoisotopic (exact) mass is 465 g/mol. The molecule has 0 spiro atoms. The van der Waals surface area contributed by atoms with Gasteiger partial charge >= 0.3 is 0 Å². The Balaban J connectivity index is 1.72. The van der Waals surface area contributed by atoms with Crippen molar-refractivity contribution in [3.8, 4) is 16.9 Å². The maximum absolute atomic E-state index is 13.6. The van der Waals surface area contributed by atoms with Crippen LogP contribution in [0.15, 0.2) is 53.8 Å². The molecule has 3 aliphatic rings. The normalized spacial score (nSPS) is 32.6. The number of nitrogens with two attached hydrogens (primary N) is 1. The van der Waals surface area contributed by atoms with Gasteiger partial charge in [-0.3, -0.25) is 14.4 Å². The zero-order chi connectivity index (χ0) is 24.5. The van der Waals surface area contributed by atoms with E-state index >= 15 is 0 Å². The third-order valence-electron chi connectivity index (χ3n) is 7.45. The molecule has 0 saturated heterocycles. The fraction of sp³-hybridized carbons (Fsp3) is 0.320. The van der Waals surface area contributed by atoms with E-state index in [1.165, 1.54) is 6.07 Å². The number of ketones is 2. The summed E-state index contributed by atoms with van der Waals surface area (Å²) >= 11 is 0. The van der Waals surface area contributed by atoms with Crippen LogP contribution in [0.5, 0.6) is 5.75 Å². The van der Waals surface area contributed by atoms with Gasteiger partial charge in [0.25, 0.3) is 0 Å². The van der Waals surface area contributed by atoms with Crippen LogP contribution < -0.4 is 5.73 Å². The lowest BCUT2D eigenvalue weighted by Gasteiger charge is -2.49. The first-order chi connectivity index (χ1) is 16.1. The Kier molecular flexibility index (Phi) is 4.91. The number of hydrogen-bond acceptors (Lipinski definition) is 8. The van der Waals surface area contributed by atoms with Gasteiger partial charge in [-0.15, -0.1) is 0 Å². The van der Waals surface area contributed by atoms with Gasteiger partial charge in [0.15, 0.2) is 17.2 Å². The average Bonchev–Trinajstić information content (AvgIpc) is 2.79. The van der Waals surface area contributed by atoms with Crippen molar-refractivity contribution < 1.29 is 39.9 Å². The van der Waals surface area contributed by atoms with Gasteiger partial charge in [-0.05, 0) is 30.0 Å². The topological polar surface area (TPSA) is 178 Å². The van der Waals surface area contributed by atoms with Gasteiger partial charge in [-0.2, -0.15) is 0 Å². The molecular formula is C25H23NO8. The van der Waals surface area contributed by atoms with Crippen molar-refractivity contribution in [2.75, 3.05) is 0 Å². The van der Waals surface area contributed by atoms with Gasteiger partial charge in [0.2, 0.25) is 5.91 Å². The lowest BCUT2D eigenvalue weighted by atomic mass is 9.57. The number of aliphatic hydroxyl groups is 4. The number of amides is 1. The number of hydrogen-bond donors (Lipinski definition) is 6. The molecule has 1 fully saturated rings. The lowest BCUT2D eigenvalue weighted by Crippen LogP contribution is -2.63. The van der Waals surface area contributed by atoms with Gasteiger partial charge in [-0.25, -0.2) is 0 Å². The van der Waals surface area contributed by atoms with E-state index in [0.717, 1.165) is 0 Å². The van der Waals surface area contributed by atoms with Crippen molar-refractivity contribution in [2.45, 2.75) is 30.7 Å². The minimum absolute atomic E-state index is 0.125. The van der Waals surface area contributed by atoms with E-state index in [9.17, 15) is 39.9 Å². The van der Waals surface area contributed by atoms with E-state index in [0.29, 0.717) is 11.1 Å². The Bertz CT molecular complexity index is 1270. The molecule has 6 atom stereocenters. The van der Waals surface area contributed by atoms with E-state index in [1.807, 2.05) is 6.07 Å². The van der Waals surface area contributed by atoms with E-state index in [4.69, 9.17) is 5.73 Å². The summed E-state index contributed by atoms with van der Waals surface area (Å²) in [5.41, 5.74) is 3.39. The lowest BCUT2D eigenvalue weighted by molar-refractivity contribution is -0.168. The molecule has 2 aromatic rings. The van der Waals surface area contributed by atoms with Crippen LogP contribution in [0.4, 0.5) is 0 Å². The number of fused-ring (bicyclic) bond motifs is 3. The molecule has 9 heteroatoms. The van der Waals surface area contributed by atoms with Gasteiger partial charge in [0, 0.05) is 23.0 Å². The van der Waals surface area contributed by atoms with Crippen molar-refractivity contribution in [3.63, 3.8) is 0 Å². The smallest absolute Gasteiger partial charge is 0.230 e. The Hall–Kier alpha value is -3.53. The average molecular weight is 465 g/mol. The Morgan fingerprint density at radius 2 is 1.68 bits per heavy atom. The highest BCUT2D eigenvalue weighted by molar-refractivity contribution is 6.16. The van der Waals surface area contributed by atoms with Crippen LogP contribution in [0.3, 0.4) is 0 Å². The minimum atomic E-state index is -2.62.